The summed E-state index contributed by atoms with van der Waals surface area (Å²) < 4.78 is 68.6. The number of unbranched alkanes of at least 4 members (excludes halogenated alkanes) is 51. The molecule has 0 saturated heterocycles. The predicted molar refractivity (Wildman–Crippen MR) is 405 cm³/mol. The fraction of sp³-hybridized carbons (Fsp3) is 0.950. The fourth-order valence-electron chi connectivity index (χ4n) is 12.4. The number of phosphoric ester groups is 2. The SMILES string of the molecule is CCCCCCCCCCCCCCCCCCCCCC(=O)OC[C@H](COP(=O)(O)OC[C@@H](O)COP(=O)(O)OC[C@@H](COC(=O)CCCCCCCCC(C)CC)OC(=O)CCCCCCCCCCCCC)OC(=O)CCCCCCCCCCCCCCCCCCCCC. The van der Waals surface area contributed by atoms with Crippen LogP contribution in [0.2, 0.25) is 0 Å². The van der Waals surface area contributed by atoms with Crippen LogP contribution < -0.4 is 0 Å². The largest absolute Gasteiger partial charge is 0.472 e. The molecule has 0 saturated carbocycles. The van der Waals surface area contributed by atoms with Crippen LogP contribution in [0, 0.1) is 5.92 Å². The quantitative estimate of drug-likeness (QED) is 0.0222. The minimum absolute atomic E-state index is 0.106. The molecular formula is C80H156O17P2. The highest BCUT2D eigenvalue weighted by molar-refractivity contribution is 7.47. The Bertz CT molecular complexity index is 1890. The molecule has 0 aromatic carbocycles. The van der Waals surface area contributed by atoms with Gasteiger partial charge in [-0.2, -0.15) is 0 Å². The minimum Gasteiger partial charge on any atom is -0.462 e. The predicted octanol–water partition coefficient (Wildman–Crippen LogP) is 24.0. The minimum atomic E-state index is -4.96. The number of aliphatic hydroxyl groups excluding tert-OH is 1. The average Bonchev–Trinajstić information content (AvgIpc) is 1.13. The van der Waals surface area contributed by atoms with Gasteiger partial charge in [-0.25, -0.2) is 9.13 Å². The lowest BCUT2D eigenvalue weighted by atomic mass is 10.00. The molecule has 3 unspecified atom stereocenters. The molecule has 0 aromatic heterocycles. The van der Waals surface area contributed by atoms with Crippen LogP contribution in [0.4, 0.5) is 0 Å². The molecule has 3 N–H and O–H groups in total. The third-order valence-corrected chi connectivity index (χ3v) is 21.0. The highest BCUT2D eigenvalue weighted by Gasteiger charge is 2.30. The maximum atomic E-state index is 13.1. The lowest BCUT2D eigenvalue weighted by Gasteiger charge is -2.21. The summed E-state index contributed by atoms with van der Waals surface area (Å²) in [4.78, 5) is 72.9. The molecule has 0 radical (unpaired) electrons. The molecule has 588 valence electrons. The zero-order valence-electron chi connectivity index (χ0n) is 64.6. The van der Waals surface area contributed by atoms with Gasteiger partial charge >= 0.3 is 39.5 Å². The Morgan fingerprint density at radius 1 is 0.283 bits per heavy atom. The first-order chi connectivity index (χ1) is 48.1. The summed E-state index contributed by atoms with van der Waals surface area (Å²) in [5.41, 5.74) is 0. The Morgan fingerprint density at radius 2 is 0.485 bits per heavy atom. The number of rotatable bonds is 80. The summed E-state index contributed by atoms with van der Waals surface area (Å²) in [6.07, 6.45) is 63.9. The summed E-state index contributed by atoms with van der Waals surface area (Å²) in [6, 6.07) is 0. The van der Waals surface area contributed by atoms with Gasteiger partial charge in [0.2, 0.25) is 0 Å². The van der Waals surface area contributed by atoms with Crippen molar-refractivity contribution in [3.8, 4) is 0 Å². The molecule has 0 fully saturated rings. The van der Waals surface area contributed by atoms with E-state index < -0.39 is 97.5 Å². The topological polar surface area (TPSA) is 237 Å². The molecule has 0 aliphatic rings. The van der Waals surface area contributed by atoms with Crippen molar-refractivity contribution in [1.29, 1.82) is 0 Å². The van der Waals surface area contributed by atoms with Crippen LogP contribution in [-0.4, -0.2) is 96.7 Å². The van der Waals surface area contributed by atoms with E-state index in [2.05, 4.69) is 34.6 Å². The molecule has 0 amide bonds. The van der Waals surface area contributed by atoms with Crippen LogP contribution >= 0.6 is 15.6 Å². The summed E-state index contributed by atoms with van der Waals surface area (Å²) in [7, 11) is -9.91. The maximum Gasteiger partial charge on any atom is 0.472 e. The third-order valence-electron chi connectivity index (χ3n) is 19.1. The first kappa shape index (κ1) is 97.1. The van der Waals surface area contributed by atoms with Gasteiger partial charge in [0, 0.05) is 25.7 Å². The van der Waals surface area contributed by atoms with Crippen molar-refractivity contribution >= 4 is 39.5 Å². The number of phosphoric acid groups is 2. The second-order valence-electron chi connectivity index (χ2n) is 29.1. The van der Waals surface area contributed by atoms with Crippen LogP contribution in [0.1, 0.15) is 426 Å². The van der Waals surface area contributed by atoms with Gasteiger partial charge < -0.3 is 33.8 Å². The van der Waals surface area contributed by atoms with Gasteiger partial charge in [-0.1, -0.05) is 375 Å². The van der Waals surface area contributed by atoms with Gasteiger partial charge in [0.05, 0.1) is 26.4 Å². The zero-order valence-corrected chi connectivity index (χ0v) is 66.4. The second-order valence-corrected chi connectivity index (χ2v) is 32.0. The van der Waals surface area contributed by atoms with Crippen molar-refractivity contribution in [2.75, 3.05) is 39.6 Å². The van der Waals surface area contributed by atoms with Crippen LogP contribution in [0.15, 0.2) is 0 Å². The molecule has 0 aliphatic carbocycles. The molecule has 0 rings (SSSR count). The third kappa shape index (κ3) is 72.8. The number of carbonyl (C=O) groups is 4. The molecule has 0 spiro atoms. The van der Waals surface area contributed by atoms with Crippen molar-refractivity contribution in [2.24, 2.45) is 5.92 Å². The fourth-order valence-corrected chi connectivity index (χ4v) is 14.0. The van der Waals surface area contributed by atoms with E-state index >= 15 is 0 Å². The molecule has 0 heterocycles. The normalized spacial score (nSPS) is 14.1. The first-order valence-corrected chi connectivity index (χ1v) is 44.7. The molecule has 0 bridgehead atoms. The van der Waals surface area contributed by atoms with Crippen molar-refractivity contribution in [3.63, 3.8) is 0 Å². The number of hydrogen-bond acceptors (Lipinski definition) is 15. The van der Waals surface area contributed by atoms with Gasteiger partial charge in [0.1, 0.15) is 19.3 Å². The van der Waals surface area contributed by atoms with E-state index in [-0.39, 0.29) is 25.7 Å². The summed E-state index contributed by atoms with van der Waals surface area (Å²) in [6.45, 7) is 7.27. The molecule has 17 nitrogen and oxygen atoms in total. The number of esters is 4. The summed E-state index contributed by atoms with van der Waals surface area (Å²) >= 11 is 0. The van der Waals surface area contributed by atoms with E-state index in [0.29, 0.717) is 25.7 Å². The van der Waals surface area contributed by atoms with Crippen LogP contribution in [0.3, 0.4) is 0 Å². The van der Waals surface area contributed by atoms with E-state index in [0.717, 1.165) is 102 Å². The summed E-state index contributed by atoms with van der Waals surface area (Å²) in [5, 5.41) is 10.6. The lowest BCUT2D eigenvalue weighted by molar-refractivity contribution is -0.161. The first-order valence-electron chi connectivity index (χ1n) is 41.7. The Hall–Kier alpha value is -1.94. The van der Waals surface area contributed by atoms with Crippen LogP contribution in [0.5, 0.6) is 0 Å². The van der Waals surface area contributed by atoms with Crippen molar-refractivity contribution in [1.82, 2.24) is 0 Å². The van der Waals surface area contributed by atoms with E-state index in [1.807, 2.05) is 0 Å². The van der Waals surface area contributed by atoms with E-state index in [4.69, 9.17) is 37.0 Å². The monoisotopic (exact) mass is 1450 g/mol. The van der Waals surface area contributed by atoms with E-state index in [1.165, 1.54) is 244 Å². The highest BCUT2D eigenvalue weighted by Crippen LogP contribution is 2.45. The lowest BCUT2D eigenvalue weighted by Crippen LogP contribution is -2.30. The van der Waals surface area contributed by atoms with Crippen molar-refractivity contribution in [3.05, 3.63) is 0 Å². The van der Waals surface area contributed by atoms with Gasteiger partial charge in [-0.3, -0.25) is 37.3 Å². The Kier molecular flexibility index (Phi) is 71.6. The molecule has 6 atom stereocenters. The van der Waals surface area contributed by atoms with Gasteiger partial charge in [0.25, 0.3) is 0 Å². The van der Waals surface area contributed by atoms with Crippen molar-refractivity contribution in [2.45, 2.75) is 445 Å². The molecule has 19 heteroatoms. The van der Waals surface area contributed by atoms with E-state index in [1.54, 1.807) is 0 Å². The highest BCUT2D eigenvalue weighted by atomic mass is 31.2. The number of hydrogen-bond donors (Lipinski definition) is 3. The van der Waals surface area contributed by atoms with Gasteiger partial charge in [0.15, 0.2) is 12.2 Å². The molecule has 0 aliphatic heterocycles. The average molecular weight is 1450 g/mol. The molecular weight excluding hydrogens is 1290 g/mol. The van der Waals surface area contributed by atoms with Crippen LogP contribution in [-0.2, 0) is 65.4 Å². The van der Waals surface area contributed by atoms with Crippen molar-refractivity contribution < 1.29 is 80.2 Å². The molecule has 0 aromatic rings. The standard InChI is InChI=1S/C80H156O17P2/c1-6-10-13-16-19-22-25-27-29-31-33-35-37-39-42-44-47-53-58-63-77(82)90-69-75(96-80(85)66-61-56-49-46-43-40-38-36-34-32-30-28-26-23-20-17-14-11-7-2)71-94-98(86,87)92-67-74(81)68-93-99(88,89)95-72-76(70-91-78(83)64-59-54-51-50-52-57-62-73(5)9-4)97-79(84)65-60-55-48-45-41-24-21-18-15-12-8-3/h73-76,81H,6-72H2,1-5H3,(H,86,87)(H,88,89)/t73?,74-,75-,76-/m1/s1. The van der Waals surface area contributed by atoms with Crippen LogP contribution in [0.25, 0.3) is 0 Å². The number of carbonyl (C=O) groups excluding carboxylic acids is 4. The second kappa shape index (κ2) is 73.0. The van der Waals surface area contributed by atoms with E-state index in [9.17, 15) is 43.2 Å². The zero-order chi connectivity index (χ0) is 72.7. The van der Waals surface area contributed by atoms with Gasteiger partial charge in [-0.15, -0.1) is 0 Å². The number of aliphatic hydroxyl groups is 1. The number of ether oxygens (including phenoxy) is 4. The van der Waals surface area contributed by atoms with Gasteiger partial charge in [-0.05, 0) is 31.6 Å². The Balaban J connectivity index is 5.21. The summed E-state index contributed by atoms with van der Waals surface area (Å²) in [5.74, 6) is -1.38. The maximum absolute atomic E-state index is 13.1. The Labute approximate surface area is 607 Å². The molecule has 99 heavy (non-hydrogen) atoms. The smallest absolute Gasteiger partial charge is 0.462 e. The Morgan fingerprint density at radius 3 is 0.717 bits per heavy atom.